The van der Waals surface area contributed by atoms with Gasteiger partial charge in [0.15, 0.2) is 0 Å². The molecule has 0 atom stereocenters. The Kier molecular flexibility index (Phi) is 25.9. The van der Waals surface area contributed by atoms with Crippen LogP contribution in [0.4, 0.5) is 0 Å². The predicted octanol–water partition coefficient (Wildman–Crippen LogP) is 5.19. The maximum Gasteiger partial charge on any atom is 0.106 e. The van der Waals surface area contributed by atoms with Crippen LogP contribution in [-0.4, -0.2) is 22.1 Å². The van der Waals surface area contributed by atoms with Crippen LogP contribution < -0.4 is 0 Å². The maximum absolute atomic E-state index is 8.00. The number of nitrogens with zero attached hydrogens (tertiary/aromatic N) is 2. The summed E-state index contributed by atoms with van der Waals surface area (Å²) in [5, 5.41) is 5.31. The molecule has 0 unspecified atom stereocenters. The summed E-state index contributed by atoms with van der Waals surface area (Å²) in [5.74, 6) is 1.07. The van der Waals surface area contributed by atoms with E-state index >= 15 is 0 Å². The van der Waals surface area contributed by atoms with Crippen LogP contribution in [0.25, 0.3) is 0 Å². The fraction of sp³-hybridized carbons (Fsp3) is 0.800. The third kappa shape index (κ3) is 22.7. The van der Waals surface area contributed by atoms with Gasteiger partial charge in [-0.25, -0.2) is 0 Å². The molecule has 3 nitrogen and oxygen atoms in total. The molecule has 1 aromatic rings. The molecule has 0 radical (unpaired) electrons. The highest BCUT2D eigenvalue weighted by molar-refractivity contribution is 7.80. The Morgan fingerprint density at radius 2 is 1.45 bits per heavy atom. The van der Waals surface area contributed by atoms with E-state index in [1.165, 1.54) is 75.7 Å². The van der Waals surface area contributed by atoms with Gasteiger partial charge in [-0.2, -0.15) is 12.6 Å². The molecule has 0 fully saturated rings. The van der Waals surface area contributed by atoms with Gasteiger partial charge in [0.1, 0.15) is 6.79 Å². The van der Waals surface area contributed by atoms with Crippen LogP contribution in [0.1, 0.15) is 71.1 Å². The van der Waals surface area contributed by atoms with E-state index in [1.54, 1.807) is 6.20 Å². The average molecular weight is 319 g/mol. The van der Waals surface area contributed by atoms with E-state index in [-0.39, 0.29) is 0 Å². The van der Waals surface area contributed by atoms with Crippen molar-refractivity contribution in [1.29, 1.82) is 0 Å². The van der Waals surface area contributed by atoms with E-state index in [2.05, 4.69) is 29.1 Å². The molecular formula is C15H30N2OS2. The zero-order chi connectivity index (χ0) is 15.3. The molecule has 0 saturated carbocycles. The first-order valence-electron chi connectivity index (χ1n) is 7.52. The Hall–Kier alpha value is -0.420. The van der Waals surface area contributed by atoms with E-state index in [9.17, 15) is 0 Å². The third-order valence-corrected chi connectivity index (χ3v) is 3.54. The van der Waals surface area contributed by atoms with Crippen LogP contribution >= 0.6 is 24.2 Å². The summed E-state index contributed by atoms with van der Waals surface area (Å²) in [7, 11) is 0. The first kappa shape index (κ1) is 21.9. The highest BCUT2D eigenvalue weighted by Crippen LogP contribution is 2.10. The first-order chi connectivity index (χ1) is 9.91. The van der Waals surface area contributed by atoms with Gasteiger partial charge >= 0.3 is 0 Å². The van der Waals surface area contributed by atoms with E-state index < -0.39 is 0 Å². The molecule has 0 bridgehead atoms. The quantitative estimate of drug-likeness (QED) is 0.477. The summed E-state index contributed by atoms with van der Waals surface area (Å²) in [6, 6.07) is 0. The molecule has 0 aliphatic carbocycles. The normalized spacial score (nSPS) is 9.10. The van der Waals surface area contributed by atoms with Gasteiger partial charge < -0.3 is 4.79 Å². The number of aromatic nitrogens is 2. The minimum Gasteiger partial charge on any atom is -0.307 e. The fourth-order valence-electron chi connectivity index (χ4n) is 1.74. The lowest BCUT2D eigenvalue weighted by Crippen LogP contribution is -1.81. The van der Waals surface area contributed by atoms with Gasteiger partial charge in [0, 0.05) is 5.38 Å². The van der Waals surface area contributed by atoms with Crippen molar-refractivity contribution < 1.29 is 4.79 Å². The molecule has 0 spiro atoms. The van der Waals surface area contributed by atoms with E-state index in [0.717, 1.165) is 5.75 Å². The molecule has 0 aromatic carbocycles. The summed E-state index contributed by atoms with van der Waals surface area (Å²) in [6.45, 7) is 4.28. The van der Waals surface area contributed by atoms with Crippen molar-refractivity contribution in [3.63, 3.8) is 0 Å². The Labute approximate surface area is 134 Å². The summed E-state index contributed by atoms with van der Waals surface area (Å²) in [4.78, 5) is 8.00. The number of hydrogen-bond acceptors (Lipinski definition) is 5. The summed E-state index contributed by atoms with van der Waals surface area (Å²) >= 11 is 5.55. The zero-order valence-corrected chi connectivity index (χ0v) is 14.5. The predicted molar refractivity (Wildman–Crippen MR) is 92.7 cm³/mol. The number of rotatable bonds is 10. The van der Waals surface area contributed by atoms with Crippen LogP contribution in [0.15, 0.2) is 11.6 Å². The van der Waals surface area contributed by atoms with Gasteiger partial charge in [-0.15, -0.1) is 5.10 Å². The fourth-order valence-corrected chi connectivity index (χ4v) is 2.23. The highest BCUT2D eigenvalue weighted by Gasteiger charge is 1.91. The van der Waals surface area contributed by atoms with Crippen LogP contribution in [0.2, 0.25) is 0 Å². The minimum atomic E-state index is 1.07. The van der Waals surface area contributed by atoms with Crippen molar-refractivity contribution in [2.24, 2.45) is 0 Å². The number of hydrogen-bond donors (Lipinski definition) is 1. The SMILES string of the molecule is C=O.CCCCCCCCCCCCS.c1csnn1. The molecule has 0 N–H and O–H groups in total. The van der Waals surface area contributed by atoms with Crippen molar-refractivity contribution in [1.82, 2.24) is 9.59 Å². The second-order valence-corrected chi connectivity index (χ2v) is 5.59. The van der Waals surface area contributed by atoms with Crippen LogP contribution in [0.5, 0.6) is 0 Å². The second-order valence-electron chi connectivity index (χ2n) is 4.49. The van der Waals surface area contributed by atoms with Crippen LogP contribution in [0, 0.1) is 0 Å². The van der Waals surface area contributed by atoms with Crippen molar-refractivity contribution in [3.8, 4) is 0 Å². The number of thiol groups is 1. The van der Waals surface area contributed by atoms with Crippen LogP contribution in [0.3, 0.4) is 0 Å². The van der Waals surface area contributed by atoms with Crippen molar-refractivity contribution in [2.75, 3.05) is 5.75 Å². The standard InChI is InChI=1S/C12H26S.C2H2N2S.CH2O/c1-2-3-4-5-6-7-8-9-10-11-12-13;1-2-5-4-3-1;1-2/h13H,2-12H2,1H3;1-2H;1H2. The Balaban J connectivity index is 0. The monoisotopic (exact) mass is 318 g/mol. The Bertz CT molecular complexity index is 207. The van der Waals surface area contributed by atoms with Gasteiger partial charge in [-0.05, 0) is 23.7 Å². The summed E-state index contributed by atoms with van der Waals surface area (Å²) in [5.41, 5.74) is 0. The van der Waals surface area contributed by atoms with Gasteiger partial charge in [-0.3, -0.25) is 0 Å². The Morgan fingerprint density at radius 1 is 0.950 bits per heavy atom. The van der Waals surface area contributed by atoms with Crippen molar-refractivity contribution >= 4 is 31.0 Å². The van der Waals surface area contributed by atoms with Crippen molar-refractivity contribution in [2.45, 2.75) is 71.1 Å². The number of carbonyl (C=O) groups is 1. The molecule has 0 amide bonds. The lowest BCUT2D eigenvalue weighted by atomic mass is 10.1. The van der Waals surface area contributed by atoms with Gasteiger partial charge in [0.05, 0.1) is 6.20 Å². The molecule has 0 aliphatic heterocycles. The highest BCUT2D eigenvalue weighted by atomic mass is 32.1. The lowest BCUT2D eigenvalue weighted by molar-refractivity contribution is -0.0979. The maximum atomic E-state index is 8.00. The lowest BCUT2D eigenvalue weighted by Gasteiger charge is -2.00. The number of unbranched alkanes of at least 4 members (excludes halogenated alkanes) is 9. The molecule has 1 heterocycles. The summed E-state index contributed by atoms with van der Waals surface area (Å²) in [6.07, 6.45) is 15.8. The molecule has 0 saturated heterocycles. The third-order valence-electron chi connectivity index (χ3n) is 2.79. The topological polar surface area (TPSA) is 42.9 Å². The smallest absolute Gasteiger partial charge is 0.106 e. The van der Waals surface area contributed by atoms with E-state index in [4.69, 9.17) is 4.79 Å². The number of carbonyl (C=O) groups excluding carboxylic acids is 1. The Morgan fingerprint density at radius 3 is 1.75 bits per heavy atom. The van der Waals surface area contributed by atoms with Crippen molar-refractivity contribution in [3.05, 3.63) is 11.6 Å². The molecule has 5 heteroatoms. The molecule has 0 aliphatic rings. The van der Waals surface area contributed by atoms with E-state index in [1.807, 2.05) is 12.2 Å². The molecule has 1 aromatic heterocycles. The minimum absolute atomic E-state index is 1.07. The first-order valence-corrected chi connectivity index (χ1v) is 8.99. The zero-order valence-electron chi connectivity index (χ0n) is 12.8. The molecule has 20 heavy (non-hydrogen) atoms. The molecular weight excluding hydrogens is 288 g/mol. The van der Waals surface area contributed by atoms with Gasteiger partial charge in [0.2, 0.25) is 0 Å². The molecule has 1 rings (SSSR count). The molecule has 118 valence electrons. The summed E-state index contributed by atoms with van der Waals surface area (Å²) < 4.78 is 3.51. The average Bonchev–Trinajstić information content (AvgIpc) is 3.07. The van der Waals surface area contributed by atoms with Gasteiger partial charge in [0.25, 0.3) is 0 Å². The van der Waals surface area contributed by atoms with Gasteiger partial charge in [-0.1, -0.05) is 69.2 Å². The largest absolute Gasteiger partial charge is 0.307 e. The van der Waals surface area contributed by atoms with Crippen LogP contribution in [-0.2, 0) is 4.79 Å². The van der Waals surface area contributed by atoms with E-state index in [0.29, 0.717) is 0 Å². The second kappa shape index (κ2) is 23.7.